The first kappa shape index (κ1) is 40.5. The Morgan fingerprint density at radius 1 is 0.904 bits per heavy atom. The number of esters is 1. The van der Waals surface area contributed by atoms with E-state index in [1.165, 1.54) is 23.8 Å². The summed E-state index contributed by atoms with van der Waals surface area (Å²) in [5.41, 5.74) is 7.15. The molecule has 6 atom stereocenters. The van der Waals surface area contributed by atoms with Gasteiger partial charge >= 0.3 is 12.1 Å². The van der Waals surface area contributed by atoms with Crippen LogP contribution in [0.1, 0.15) is 63.0 Å². The Hall–Kier alpha value is -4.30. The molecule has 2 aromatic carbocycles. The van der Waals surface area contributed by atoms with Crippen LogP contribution in [0.25, 0.3) is 0 Å². The Kier molecular flexibility index (Phi) is 15.2. The number of carbonyl (C=O) groups is 5. The van der Waals surface area contributed by atoms with Gasteiger partial charge in [-0.15, -0.1) is 0 Å². The van der Waals surface area contributed by atoms with E-state index in [0.29, 0.717) is 57.2 Å². The molecular formula is C36H51N6O9P. The lowest BCUT2D eigenvalue weighted by Crippen LogP contribution is -2.55. The number of amides is 4. The third kappa shape index (κ3) is 11.1. The van der Waals surface area contributed by atoms with Gasteiger partial charge in [-0.05, 0) is 69.5 Å². The van der Waals surface area contributed by atoms with Crippen molar-refractivity contribution in [2.24, 2.45) is 5.73 Å². The summed E-state index contributed by atoms with van der Waals surface area (Å²) in [6.45, 7) is 2.42. The molecular weight excluding hydrogens is 691 g/mol. The molecule has 15 nitrogen and oxygen atoms in total. The van der Waals surface area contributed by atoms with E-state index in [0.717, 1.165) is 5.56 Å². The zero-order valence-corrected chi connectivity index (χ0v) is 30.7. The summed E-state index contributed by atoms with van der Waals surface area (Å²) >= 11 is 0. The highest BCUT2D eigenvalue weighted by Gasteiger charge is 2.42. The van der Waals surface area contributed by atoms with Gasteiger partial charge in [0.05, 0.1) is 13.2 Å². The average Bonchev–Trinajstić information content (AvgIpc) is 3.84. The van der Waals surface area contributed by atoms with Gasteiger partial charge in [0, 0.05) is 19.5 Å². The van der Waals surface area contributed by atoms with Gasteiger partial charge in [0.2, 0.25) is 17.7 Å². The topological polar surface area (TPSA) is 210 Å². The molecule has 0 radical (unpaired) electrons. The zero-order valence-electron chi connectivity index (χ0n) is 29.8. The van der Waals surface area contributed by atoms with Crippen molar-refractivity contribution < 1.29 is 42.9 Å². The largest absolute Gasteiger partial charge is 0.467 e. The quantitative estimate of drug-likeness (QED) is 0.0903. The third-order valence-electron chi connectivity index (χ3n) is 9.34. The second kappa shape index (κ2) is 19.5. The van der Waals surface area contributed by atoms with Gasteiger partial charge in [-0.25, -0.2) is 14.7 Å². The molecule has 1 unspecified atom stereocenters. The van der Waals surface area contributed by atoms with Crippen LogP contribution in [0, 0.1) is 0 Å². The number of hydrogen-bond acceptors (Lipinski definition) is 9. The molecule has 52 heavy (non-hydrogen) atoms. The summed E-state index contributed by atoms with van der Waals surface area (Å²) in [6, 6.07) is 14.0. The predicted molar refractivity (Wildman–Crippen MR) is 192 cm³/mol. The Labute approximate surface area is 304 Å². The lowest BCUT2D eigenvalue weighted by Gasteiger charge is -2.31. The third-order valence-corrected chi connectivity index (χ3v) is 11.3. The van der Waals surface area contributed by atoms with E-state index in [-0.39, 0.29) is 26.0 Å². The number of unbranched alkanes of at least 4 members (excludes halogenated alkanes) is 1. The van der Waals surface area contributed by atoms with Crippen LogP contribution in [0.2, 0.25) is 0 Å². The second-order valence-electron chi connectivity index (χ2n) is 13.1. The number of nitrogens with one attached hydrogen (secondary N) is 3. The van der Waals surface area contributed by atoms with Crippen LogP contribution in [-0.4, -0.2) is 101 Å². The Balaban J connectivity index is 1.48. The van der Waals surface area contributed by atoms with Crippen molar-refractivity contribution >= 4 is 37.3 Å². The number of hydrogen-bond donors (Lipinski definition) is 5. The normalized spacial score (nSPS) is 19.9. The van der Waals surface area contributed by atoms with Crippen molar-refractivity contribution in [1.29, 1.82) is 0 Å². The van der Waals surface area contributed by atoms with E-state index in [2.05, 4.69) is 15.7 Å². The van der Waals surface area contributed by atoms with Crippen molar-refractivity contribution in [2.45, 2.75) is 94.8 Å². The first-order valence-corrected chi connectivity index (χ1v) is 19.5. The monoisotopic (exact) mass is 742 g/mol. The zero-order chi connectivity index (χ0) is 37.7. The molecule has 0 aliphatic carbocycles. The van der Waals surface area contributed by atoms with E-state index in [1.807, 2.05) is 30.3 Å². The molecule has 2 heterocycles. The minimum Gasteiger partial charge on any atom is -0.467 e. The predicted octanol–water partition coefficient (Wildman–Crippen LogP) is 2.41. The van der Waals surface area contributed by atoms with Crippen LogP contribution < -0.4 is 21.5 Å². The van der Waals surface area contributed by atoms with E-state index in [1.54, 1.807) is 30.3 Å². The highest BCUT2D eigenvalue weighted by molar-refractivity contribution is 7.56. The van der Waals surface area contributed by atoms with Gasteiger partial charge in [-0.2, -0.15) is 0 Å². The van der Waals surface area contributed by atoms with Gasteiger partial charge in [0.25, 0.3) is 7.52 Å². The van der Waals surface area contributed by atoms with Gasteiger partial charge < -0.3 is 35.6 Å². The first-order chi connectivity index (χ1) is 24.9. The lowest BCUT2D eigenvalue weighted by atomic mass is 10.1. The molecule has 2 aliphatic heterocycles. The molecule has 0 bridgehead atoms. The fraction of sp³-hybridized carbons (Fsp3) is 0.528. The Bertz CT molecular complexity index is 1570. The second-order valence-corrected chi connectivity index (χ2v) is 15.3. The fourth-order valence-corrected chi connectivity index (χ4v) is 8.14. The van der Waals surface area contributed by atoms with Crippen LogP contribution in [0.3, 0.4) is 0 Å². The maximum Gasteiger partial charge on any atom is 0.410 e. The summed E-state index contributed by atoms with van der Waals surface area (Å²) in [6.07, 6.45) is 2.43. The number of rotatable bonds is 17. The van der Waals surface area contributed by atoms with Crippen molar-refractivity contribution in [1.82, 2.24) is 25.5 Å². The number of benzene rings is 2. The summed E-state index contributed by atoms with van der Waals surface area (Å²) in [4.78, 5) is 80.4. The van der Waals surface area contributed by atoms with Crippen LogP contribution in [-0.2, 0) is 46.2 Å². The number of carbonyl (C=O) groups excluding carboxylic acids is 5. The van der Waals surface area contributed by atoms with Crippen LogP contribution >= 0.6 is 7.52 Å². The molecule has 16 heteroatoms. The van der Waals surface area contributed by atoms with E-state index >= 15 is 0 Å². The highest BCUT2D eigenvalue weighted by atomic mass is 31.2. The Morgan fingerprint density at radius 2 is 1.52 bits per heavy atom. The van der Waals surface area contributed by atoms with E-state index < -0.39 is 67.3 Å². The van der Waals surface area contributed by atoms with Gasteiger partial charge in [-0.3, -0.25) is 23.8 Å². The van der Waals surface area contributed by atoms with Gasteiger partial charge in [0.15, 0.2) is 0 Å². The minimum atomic E-state index is -4.55. The standard InChI is InChI=1S/C36H51N6O9P/c1-25(34(45)41-21-12-19-30(41)35(46)50-2)40-52(48,49)31(23-26-13-5-3-6-14-26)39-32(43)28(17-9-10-20-37)38-33(44)29-18-11-22-42(29)36(47)51-24-27-15-7-4-8-16-27/h3-8,13-16,25,28-31H,9-12,17-24,37H2,1-2H3,(H,38,44)(H,39,43)(H2,40,48,49)/t25-,28-,29-,30-,31+/m0/s1. The molecule has 0 aromatic heterocycles. The average molecular weight is 743 g/mol. The van der Waals surface area contributed by atoms with Crippen molar-refractivity contribution in [3.05, 3.63) is 71.8 Å². The van der Waals surface area contributed by atoms with E-state index in [4.69, 9.17) is 15.2 Å². The molecule has 2 fully saturated rings. The minimum absolute atomic E-state index is 0.0425. The van der Waals surface area contributed by atoms with Crippen LogP contribution in [0.5, 0.6) is 0 Å². The summed E-state index contributed by atoms with van der Waals surface area (Å²) in [5, 5.41) is 8.01. The van der Waals surface area contributed by atoms with Crippen molar-refractivity contribution in [2.75, 3.05) is 26.7 Å². The number of methoxy groups -OCH3 is 1. The first-order valence-electron chi connectivity index (χ1n) is 17.8. The SMILES string of the molecule is COC(=O)[C@@H]1CCCN1C(=O)[C@H](C)NP(=O)(O)[C@H](Cc1ccccc1)NC(=O)[C@H](CCCCN)NC(=O)[C@@H]1CCCN1C(=O)OCc1ccccc1. The number of nitrogens with zero attached hydrogens (tertiary/aromatic N) is 2. The van der Waals surface area contributed by atoms with Crippen LogP contribution in [0.4, 0.5) is 4.79 Å². The molecule has 4 amide bonds. The summed E-state index contributed by atoms with van der Waals surface area (Å²) in [7, 11) is -3.32. The van der Waals surface area contributed by atoms with E-state index in [9.17, 15) is 33.4 Å². The molecule has 0 spiro atoms. The lowest BCUT2D eigenvalue weighted by molar-refractivity contribution is -0.151. The maximum atomic E-state index is 14.1. The molecule has 4 rings (SSSR count). The maximum absolute atomic E-state index is 14.1. The fourth-order valence-electron chi connectivity index (χ4n) is 6.54. The summed E-state index contributed by atoms with van der Waals surface area (Å²) in [5.74, 6) is -3.77. The summed E-state index contributed by atoms with van der Waals surface area (Å²) < 4.78 is 24.4. The smallest absolute Gasteiger partial charge is 0.410 e. The Morgan fingerprint density at radius 3 is 2.15 bits per heavy atom. The number of likely N-dealkylation sites (tertiary alicyclic amines) is 2. The molecule has 6 N–H and O–H groups in total. The van der Waals surface area contributed by atoms with Gasteiger partial charge in [0.1, 0.15) is 30.5 Å². The molecule has 284 valence electrons. The highest BCUT2D eigenvalue weighted by Crippen LogP contribution is 2.43. The molecule has 0 saturated carbocycles. The van der Waals surface area contributed by atoms with Crippen molar-refractivity contribution in [3.63, 3.8) is 0 Å². The molecule has 2 aromatic rings. The number of ether oxygens (including phenoxy) is 2. The van der Waals surface area contributed by atoms with Crippen LogP contribution in [0.15, 0.2) is 60.7 Å². The van der Waals surface area contributed by atoms with Gasteiger partial charge in [-0.1, -0.05) is 60.7 Å². The molecule has 2 saturated heterocycles. The van der Waals surface area contributed by atoms with Crippen molar-refractivity contribution in [3.8, 4) is 0 Å². The number of nitrogens with two attached hydrogens (primary N) is 1. The molecule has 2 aliphatic rings.